The largest absolute Gasteiger partial charge is 0.316 e. The molecule has 2 heteroatoms. The van der Waals surface area contributed by atoms with Crippen molar-refractivity contribution in [1.29, 1.82) is 0 Å². The van der Waals surface area contributed by atoms with Gasteiger partial charge in [0.2, 0.25) is 0 Å². The third-order valence-corrected chi connectivity index (χ3v) is 4.12. The van der Waals surface area contributed by atoms with Crippen LogP contribution in [0, 0.1) is 17.8 Å². The van der Waals surface area contributed by atoms with E-state index in [0.29, 0.717) is 0 Å². The zero-order valence-corrected chi connectivity index (χ0v) is 12.3. The Morgan fingerprint density at radius 3 is 2.12 bits per heavy atom. The van der Waals surface area contributed by atoms with Gasteiger partial charge in [0.25, 0.3) is 0 Å². The minimum absolute atomic E-state index is 0.793. The summed E-state index contributed by atoms with van der Waals surface area (Å²) in [4.78, 5) is 2.60. The number of likely N-dealkylation sites (tertiary alicyclic amines) is 1. The minimum Gasteiger partial charge on any atom is -0.316 e. The van der Waals surface area contributed by atoms with Crippen LogP contribution in [-0.2, 0) is 0 Å². The molecule has 0 aromatic rings. The molecular weight excluding hydrogens is 208 g/mol. The van der Waals surface area contributed by atoms with E-state index in [0.717, 1.165) is 17.8 Å². The van der Waals surface area contributed by atoms with Crippen LogP contribution in [0.15, 0.2) is 0 Å². The van der Waals surface area contributed by atoms with Crippen LogP contribution in [0.4, 0.5) is 0 Å². The van der Waals surface area contributed by atoms with Crippen LogP contribution >= 0.6 is 0 Å². The molecule has 0 aliphatic carbocycles. The maximum absolute atomic E-state index is 3.65. The van der Waals surface area contributed by atoms with E-state index in [1.807, 2.05) is 0 Å². The van der Waals surface area contributed by atoms with Gasteiger partial charge in [-0.25, -0.2) is 0 Å². The Balaban J connectivity index is 2.01. The zero-order valence-electron chi connectivity index (χ0n) is 12.3. The normalized spacial score (nSPS) is 17.8. The van der Waals surface area contributed by atoms with Gasteiger partial charge in [-0.05, 0) is 69.7 Å². The summed E-state index contributed by atoms with van der Waals surface area (Å²) in [5.74, 6) is 2.41. The number of hydrogen-bond acceptors (Lipinski definition) is 2. The standard InChI is InChI=1S/C15H32N2/c1-13(2)15(14(3)4)12-16-8-7-11-17-9-5-6-10-17/h13-16H,5-12H2,1-4H3. The van der Waals surface area contributed by atoms with Crippen molar-refractivity contribution in [2.75, 3.05) is 32.7 Å². The molecule has 0 spiro atoms. The SMILES string of the molecule is CC(C)C(CNCCCN1CCCC1)C(C)C. The summed E-state index contributed by atoms with van der Waals surface area (Å²) in [6.07, 6.45) is 4.13. The third kappa shape index (κ3) is 5.87. The summed E-state index contributed by atoms with van der Waals surface area (Å²) in [5, 5.41) is 3.65. The molecule has 0 unspecified atom stereocenters. The lowest BCUT2D eigenvalue weighted by atomic mass is 9.85. The second kappa shape index (κ2) is 8.10. The van der Waals surface area contributed by atoms with Gasteiger partial charge in [-0.3, -0.25) is 0 Å². The van der Waals surface area contributed by atoms with Crippen molar-refractivity contribution < 1.29 is 0 Å². The Bertz CT molecular complexity index is 175. The minimum atomic E-state index is 0.793. The van der Waals surface area contributed by atoms with Gasteiger partial charge in [-0.2, -0.15) is 0 Å². The van der Waals surface area contributed by atoms with Crippen LogP contribution in [0.25, 0.3) is 0 Å². The molecule has 0 atom stereocenters. The Morgan fingerprint density at radius 1 is 1.00 bits per heavy atom. The van der Waals surface area contributed by atoms with Crippen molar-refractivity contribution in [1.82, 2.24) is 10.2 Å². The van der Waals surface area contributed by atoms with Gasteiger partial charge >= 0.3 is 0 Å². The first kappa shape index (κ1) is 15.0. The van der Waals surface area contributed by atoms with Crippen LogP contribution in [0.5, 0.6) is 0 Å². The smallest absolute Gasteiger partial charge is 0.000664 e. The highest BCUT2D eigenvalue weighted by molar-refractivity contribution is 4.70. The van der Waals surface area contributed by atoms with E-state index in [9.17, 15) is 0 Å². The average Bonchev–Trinajstić information content (AvgIpc) is 2.74. The van der Waals surface area contributed by atoms with Crippen molar-refractivity contribution >= 4 is 0 Å². The summed E-state index contributed by atoms with van der Waals surface area (Å²) >= 11 is 0. The first-order valence-corrected chi connectivity index (χ1v) is 7.54. The van der Waals surface area contributed by atoms with Crippen LogP contribution in [0.2, 0.25) is 0 Å². The predicted octanol–water partition coefficient (Wildman–Crippen LogP) is 2.99. The number of nitrogens with zero attached hydrogens (tertiary/aromatic N) is 1. The number of hydrogen-bond donors (Lipinski definition) is 1. The Hall–Kier alpha value is -0.0800. The number of rotatable bonds is 8. The van der Waals surface area contributed by atoms with Crippen molar-refractivity contribution in [2.45, 2.75) is 47.0 Å². The summed E-state index contributed by atoms with van der Waals surface area (Å²) in [6.45, 7) is 15.7. The van der Waals surface area contributed by atoms with E-state index in [-0.39, 0.29) is 0 Å². The van der Waals surface area contributed by atoms with E-state index in [1.165, 1.54) is 52.0 Å². The second-order valence-electron chi connectivity index (χ2n) is 6.26. The fourth-order valence-electron chi connectivity index (χ4n) is 2.94. The molecule has 0 aromatic heterocycles. The molecule has 0 radical (unpaired) electrons. The first-order valence-electron chi connectivity index (χ1n) is 7.54. The van der Waals surface area contributed by atoms with Crippen LogP contribution in [-0.4, -0.2) is 37.6 Å². The van der Waals surface area contributed by atoms with E-state index in [4.69, 9.17) is 0 Å². The highest BCUT2D eigenvalue weighted by Crippen LogP contribution is 2.19. The summed E-state index contributed by atoms with van der Waals surface area (Å²) < 4.78 is 0. The molecule has 0 saturated carbocycles. The molecule has 0 aromatic carbocycles. The molecule has 1 rings (SSSR count). The lowest BCUT2D eigenvalue weighted by Gasteiger charge is -2.25. The summed E-state index contributed by atoms with van der Waals surface area (Å²) in [5.41, 5.74) is 0. The topological polar surface area (TPSA) is 15.3 Å². The van der Waals surface area contributed by atoms with Crippen molar-refractivity contribution in [2.24, 2.45) is 17.8 Å². The van der Waals surface area contributed by atoms with Gasteiger partial charge in [0.05, 0.1) is 0 Å². The van der Waals surface area contributed by atoms with Crippen molar-refractivity contribution in [3.8, 4) is 0 Å². The number of nitrogens with one attached hydrogen (secondary N) is 1. The summed E-state index contributed by atoms with van der Waals surface area (Å²) in [6, 6.07) is 0. The van der Waals surface area contributed by atoms with Gasteiger partial charge in [-0.1, -0.05) is 27.7 Å². The molecule has 1 heterocycles. The fraction of sp³-hybridized carbons (Fsp3) is 1.00. The molecule has 0 amide bonds. The van der Waals surface area contributed by atoms with Gasteiger partial charge < -0.3 is 10.2 Å². The Morgan fingerprint density at radius 2 is 1.59 bits per heavy atom. The molecule has 17 heavy (non-hydrogen) atoms. The first-order chi connectivity index (χ1) is 8.11. The van der Waals surface area contributed by atoms with Gasteiger partial charge in [-0.15, -0.1) is 0 Å². The Labute approximate surface area is 108 Å². The molecule has 102 valence electrons. The predicted molar refractivity (Wildman–Crippen MR) is 76.3 cm³/mol. The summed E-state index contributed by atoms with van der Waals surface area (Å²) in [7, 11) is 0. The van der Waals surface area contributed by atoms with Crippen LogP contribution < -0.4 is 5.32 Å². The van der Waals surface area contributed by atoms with Crippen LogP contribution in [0.3, 0.4) is 0 Å². The average molecular weight is 240 g/mol. The molecular formula is C15H32N2. The Kier molecular flexibility index (Phi) is 7.14. The van der Waals surface area contributed by atoms with E-state index < -0.39 is 0 Å². The molecule has 1 aliphatic heterocycles. The maximum atomic E-state index is 3.65. The van der Waals surface area contributed by atoms with E-state index in [1.54, 1.807) is 0 Å². The third-order valence-electron chi connectivity index (χ3n) is 4.12. The highest BCUT2D eigenvalue weighted by atomic mass is 15.1. The van der Waals surface area contributed by atoms with Crippen molar-refractivity contribution in [3.63, 3.8) is 0 Å². The lowest BCUT2D eigenvalue weighted by molar-refractivity contribution is 0.271. The monoisotopic (exact) mass is 240 g/mol. The molecule has 1 saturated heterocycles. The zero-order chi connectivity index (χ0) is 12.7. The molecule has 1 fully saturated rings. The van der Waals surface area contributed by atoms with Crippen LogP contribution in [0.1, 0.15) is 47.0 Å². The van der Waals surface area contributed by atoms with E-state index in [2.05, 4.69) is 37.9 Å². The lowest BCUT2D eigenvalue weighted by Crippen LogP contribution is -2.32. The fourth-order valence-corrected chi connectivity index (χ4v) is 2.94. The highest BCUT2D eigenvalue weighted by Gasteiger charge is 2.16. The molecule has 0 bridgehead atoms. The molecule has 1 aliphatic rings. The maximum Gasteiger partial charge on any atom is -0.000664 e. The second-order valence-corrected chi connectivity index (χ2v) is 6.26. The van der Waals surface area contributed by atoms with Gasteiger partial charge in [0.15, 0.2) is 0 Å². The molecule has 2 nitrogen and oxygen atoms in total. The van der Waals surface area contributed by atoms with Gasteiger partial charge in [0, 0.05) is 0 Å². The quantitative estimate of drug-likeness (QED) is 0.656. The van der Waals surface area contributed by atoms with Crippen molar-refractivity contribution in [3.05, 3.63) is 0 Å². The van der Waals surface area contributed by atoms with E-state index >= 15 is 0 Å². The van der Waals surface area contributed by atoms with Gasteiger partial charge in [0.1, 0.15) is 0 Å². The molecule has 1 N–H and O–H groups in total.